The number of aliphatic hydroxyl groups is 1. The van der Waals surface area contributed by atoms with E-state index in [1.165, 1.54) is 0 Å². The molecule has 1 saturated heterocycles. The molecule has 3 N–H and O–H groups in total. The molecule has 3 heterocycles. The van der Waals surface area contributed by atoms with Crippen molar-refractivity contribution in [3.05, 3.63) is 17.3 Å². The first-order chi connectivity index (χ1) is 11.0. The lowest BCUT2D eigenvalue weighted by Crippen LogP contribution is -2.46. The molecular weight excluding hydrogens is 292 g/mol. The largest absolute Gasteiger partial charge is 0.392 e. The van der Waals surface area contributed by atoms with Crippen molar-refractivity contribution in [3.63, 3.8) is 0 Å². The first kappa shape index (κ1) is 15.9. The van der Waals surface area contributed by atoms with E-state index >= 15 is 0 Å². The van der Waals surface area contributed by atoms with Crippen LogP contribution in [0.3, 0.4) is 0 Å². The molecule has 124 valence electrons. The molecule has 0 amide bonds. The third-order valence-corrected chi connectivity index (χ3v) is 4.17. The molecule has 3 rings (SSSR count). The van der Waals surface area contributed by atoms with E-state index in [2.05, 4.69) is 30.5 Å². The molecule has 1 aliphatic rings. The Morgan fingerprint density at radius 1 is 1.22 bits per heavy atom. The number of aromatic nitrogens is 3. The van der Waals surface area contributed by atoms with Crippen molar-refractivity contribution in [3.8, 4) is 0 Å². The minimum atomic E-state index is -0.321. The summed E-state index contributed by atoms with van der Waals surface area (Å²) in [5.74, 6) is 1.32. The lowest BCUT2D eigenvalue weighted by Gasteiger charge is -2.33. The first-order valence-electron chi connectivity index (χ1n) is 7.93. The highest BCUT2D eigenvalue weighted by molar-refractivity contribution is 5.90. The molecule has 7 nitrogen and oxygen atoms in total. The van der Waals surface area contributed by atoms with E-state index in [1.807, 2.05) is 34.0 Å². The van der Waals surface area contributed by atoms with E-state index < -0.39 is 0 Å². The molecule has 1 aliphatic heterocycles. The van der Waals surface area contributed by atoms with E-state index in [9.17, 15) is 5.11 Å². The van der Waals surface area contributed by atoms with Gasteiger partial charge in [0.1, 0.15) is 5.82 Å². The number of piperidine rings is 1. The van der Waals surface area contributed by atoms with Crippen molar-refractivity contribution < 1.29 is 5.11 Å². The summed E-state index contributed by atoms with van der Waals surface area (Å²) in [5.41, 5.74) is 2.74. The van der Waals surface area contributed by atoms with Crippen molar-refractivity contribution in [1.29, 1.82) is 0 Å². The summed E-state index contributed by atoms with van der Waals surface area (Å²) in [4.78, 5) is 15.8. The highest BCUT2D eigenvalue weighted by Gasteiger charge is 2.24. The van der Waals surface area contributed by atoms with E-state index in [1.54, 1.807) is 0 Å². The van der Waals surface area contributed by atoms with Crippen LogP contribution in [0.4, 0.5) is 11.8 Å². The van der Waals surface area contributed by atoms with Crippen LogP contribution in [0.1, 0.15) is 17.7 Å². The Morgan fingerprint density at radius 2 is 2.00 bits per heavy atom. The second kappa shape index (κ2) is 6.25. The number of likely N-dealkylation sites (N-methyl/N-ethyl adjacent to an activating group) is 1. The fourth-order valence-electron chi connectivity index (χ4n) is 3.30. The number of β-amino-alcohol motifs (C(OH)–C–C–N with tert-alkyl or cyclic N) is 1. The Morgan fingerprint density at radius 3 is 2.70 bits per heavy atom. The predicted molar refractivity (Wildman–Crippen MR) is 91.9 cm³/mol. The normalized spacial score (nSPS) is 22.3. The predicted octanol–water partition coefficient (Wildman–Crippen LogP) is 1.16. The van der Waals surface area contributed by atoms with Gasteiger partial charge in [0.25, 0.3) is 0 Å². The number of aliphatic hydroxyl groups excluding tert-OH is 1. The lowest BCUT2D eigenvalue weighted by molar-refractivity contribution is 0.0778. The number of aryl methyl sites for hydroxylation is 2. The van der Waals surface area contributed by atoms with Gasteiger partial charge < -0.3 is 20.6 Å². The van der Waals surface area contributed by atoms with Crippen LogP contribution in [0.25, 0.3) is 11.0 Å². The molecule has 0 aliphatic carbocycles. The van der Waals surface area contributed by atoms with Crippen molar-refractivity contribution in [2.75, 3.05) is 37.8 Å². The van der Waals surface area contributed by atoms with Gasteiger partial charge in [0.2, 0.25) is 5.95 Å². The van der Waals surface area contributed by atoms with Crippen LogP contribution in [0.2, 0.25) is 0 Å². The Balaban J connectivity index is 1.95. The van der Waals surface area contributed by atoms with E-state index in [4.69, 9.17) is 0 Å². The lowest BCUT2D eigenvalue weighted by atomic mass is 10.0. The molecule has 0 bridgehead atoms. The van der Waals surface area contributed by atoms with Gasteiger partial charge in [0.05, 0.1) is 11.5 Å². The molecule has 2 aromatic heterocycles. The van der Waals surface area contributed by atoms with Crippen LogP contribution in [0, 0.1) is 13.8 Å². The van der Waals surface area contributed by atoms with Crippen molar-refractivity contribution in [2.45, 2.75) is 32.4 Å². The summed E-state index contributed by atoms with van der Waals surface area (Å²) in [7, 11) is 3.86. The summed E-state index contributed by atoms with van der Waals surface area (Å²) in [6.45, 7) is 5.57. The van der Waals surface area contributed by atoms with Crippen LogP contribution in [-0.4, -0.2) is 64.3 Å². The molecule has 7 heteroatoms. The van der Waals surface area contributed by atoms with Crippen LogP contribution in [-0.2, 0) is 0 Å². The number of nitrogens with zero attached hydrogens (tertiary/aromatic N) is 4. The second-order valence-electron chi connectivity index (χ2n) is 6.38. The zero-order chi connectivity index (χ0) is 16.6. The number of anilines is 2. The number of hydrogen-bond acceptors (Lipinski definition) is 7. The number of hydrogen-bond donors (Lipinski definition) is 3. The minimum Gasteiger partial charge on any atom is -0.392 e. The third-order valence-electron chi connectivity index (χ3n) is 4.17. The maximum absolute atomic E-state index is 9.93. The molecule has 0 aromatic carbocycles. The van der Waals surface area contributed by atoms with Crippen molar-refractivity contribution in [1.82, 2.24) is 19.9 Å². The molecule has 2 atom stereocenters. The van der Waals surface area contributed by atoms with Crippen molar-refractivity contribution in [2.24, 2.45) is 0 Å². The zero-order valence-electron chi connectivity index (χ0n) is 14.1. The maximum Gasteiger partial charge on any atom is 0.226 e. The van der Waals surface area contributed by atoms with Gasteiger partial charge in [-0.2, -0.15) is 9.97 Å². The molecular formula is C16H24N6O. The van der Waals surface area contributed by atoms with E-state index in [0.29, 0.717) is 24.6 Å². The molecule has 0 saturated carbocycles. The van der Waals surface area contributed by atoms with Gasteiger partial charge in [-0.1, -0.05) is 0 Å². The summed E-state index contributed by atoms with van der Waals surface area (Å²) >= 11 is 0. The van der Waals surface area contributed by atoms with Crippen LogP contribution in [0.5, 0.6) is 0 Å². The highest BCUT2D eigenvalue weighted by Crippen LogP contribution is 2.25. The fourth-order valence-corrected chi connectivity index (χ4v) is 3.30. The second-order valence-corrected chi connectivity index (χ2v) is 6.38. The number of fused-ring (bicyclic) bond motifs is 1. The fraction of sp³-hybridized carbons (Fsp3) is 0.562. The smallest absolute Gasteiger partial charge is 0.226 e. The summed E-state index contributed by atoms with van der Waals surface area (Å²) in [6, 6.07) is 2.16. The highest BCUT2D eigenvalue weighted by atomic mass is 16.3. The third kappa shape index (κ3) is 3.35. The average molecular weight is 316 g/mol. The zero-order valence-corrected chi connectivity index (χ0v) is 14.1. The quantitative estimate of drug-likeness (QED) is 0.783. The summed E-state index contributed by atoms with van der Waals surface area (Å²) < 4.78 is 0. The Kier molecular flexibility index (Phi) is 4.32. The Bertz CT molecular complexity index is 709. The molecule has 0 spiro atoms. The first-order valence-corrected chi connectivity index (χ1v) is 7.93. The maximum atomic E-state index is 9.93. The number of pyridine rings is 1. The van der Waals surface area contributed by atoms with E-state index in [-0.39, 0.29) is 12.1 Å². The molecule has 23 heavy (non-hydrogen) atoms. The Labute approximate surface area is 136 Å². The monoisotopic (exact) mass is 316 g/mol. The number of rotatable bonds is 3. The summed E-state index contributed by atoms with van der Waals surface area (Å²) in [6.07, 6.45) is 0.374. The minimum absolute atomic E-state index is 0.122. The van der Waals surface area contributed by atoms with Crippen LogP contribution in [0.15, 0.2) is 6.07 Å². The van der Waals surface area contributed by atoms with E-state index in [0.717, 1.165) is 29.0 Å². The standard InChI is InChI=1S/C16H24N6O/c1-9-5-10(2)18-15-13(9)14(17-3)20-16(21-15)19-11-6-12(23)8-22(4)7-11/h5,11-12,23H,6-8H2,1-4H3,(H2,17,18,19,20,21)/t11-,12-/m1/s1. The Hall–Kier alpha value is -1.99. The average Bonchev–Trinajstić information content (AvgIpc) is 2.44. The molecule has 2 aromatic rings. The van der Waals surface area contributed by atoms with Crippen LogP contribution >= 0.6 is 0 Å². The molecule has 0 radical (unpaired) electrons. The van der Waals surface area contributed by atoms with Gasteiger partial charge in [-0.05, 0) is 38.9 Å². The number of likely N-dealkylation sites (tertiary alicyclic amines) is 1. The summed E-state index contributed by atoms with van der Waals surface area (Å²) in [5, 5.41) is 17.4. The van der Waals surface area contributed by atoms with Crippen molar-refractivity contribution >= 4 is 22.8 Å². The number of nitrogens with one attached hydrogen (secondary N) is 2. The van der Waals surface area contributed by atoms with Crippen LogP contribution < -0.4 is 10.6 Å². The molecule has 0 unspecified atom stereocenters. The van der Waals surface area contributed by atoms with Gasteiger partial charge in [-0.15, -0.1) is 0 Å². The van der Waals surface area contributed by atoms with Gasteiger partial charge in [-0.3, -0.25) is 0 Å². The van der Waals surface area contributed by atoms with Gasteiger partial charge in [-0.25, -0.2) is 4.98 Å². The SMILES string of the molecule is CNc1nc(N[C@@H]2C[C@@H](O)CN(C)C2)nc2nc(C)cc(C)c12. The van der Waals surface area contributed by atoms with Gasteiger partial charge in [0, 0.05) is 31.9 Å². The topological polar surface area (TPSA) is 86.2 Å². The van der Waals surface area contributed by atoms with Gasteiger partial charge >= 0.3 is 0 Å². The molecule has 1 fully saturated rings. The van der Waals surface area contributed by atoms with Gasteiger partial charge in [0.15, 0.2) is 5.65 Å².